The van der Waals surface area contributed by atoms with E-state index in [4.69, 9.17) is 11.5 Å². The molecule has 0 radical (unpaired) electrons. The van der Waals surface area contributed by atoms with Crippen LogP contribution in [0.5, 0.6) is 0 Å². The van der Waals surface area contributed by atoms with E-state index in [2.05, 4.69) is 29.1 Å². The number of amides is 2. The lowest BCUT2D eigenvalue weighted by atomic mass is 10.0. The van der Waals surface area contributed by atoms with Crippen molar-refractivity contribution in [2.24, 2.45) is 16.5 Å². The molecule has 0 spiro atoms. The number of benzene rings is 1. The summed E-state index contributed by atoms with van der Waals surface area (Å²) in [4.78, 5) is 36.7. The van der Waals surface area contributed by atoms with E-state index in [1.165, 1.54) is 0 Å². The van der Waals surface area contributed by atoms with Crippen molar-refractivity contribution in [1.29, 1.82) is 0 Å². The van der Waals surface area contributed by atoms with Crippen LogP contribution in [0.4, 0.5) is 11.4 Å². The number of aryl methyl sites for hydroxylation is 1. The van der Waals surface area contributed by atoms with E-state index in [9.17, 15) is 9.59 Å². The van der Waals surface area contributed by atoms with Crippen LogP contribution in [0.2, 0.25) is 0 Å². The Labute approximate surface area is 207 Å². The molecule has 8 heteroatoms. The van der Waals surface area contributed by atoms with Crippen LogP contribution in [0.25, 0.3) is 6.08 Å². The lowest BCUT2D eigenvalue weighted by molar-refractivity contribution is -0.127. The molecule has 1 aromatic heterocycles. The molecular formula is C27H36N6O2. The van der Waals surface area contributed by atoms with E-state index in [0.29, 0.717) is 48.0 Å². The second-order valence-corrected chi connectivity index (χ2v) is 8.80. The van der Waals surface area contributed by atoms with Crippen molar-refractivity contribution in [2.45, 2.75) is 52.4 Å². The molecule has 1 aliphatic rings. The van der Waals surface area contributed by atoms with Gasteiger partial charge >= 0.3 is 0 Å². The summed E-state index contributed by atoms with van der Waals surface area (Å²) in [5.41, 5.74) is 15.8. The van der Waals surface area contributed by atoms with Gasteiger partial charge in [0, 0.05) is 42.4 Å². The normalized spacial score (nSPS) is 12.8. The average molecular weight is 477 g/mol. The van der Waals surface area contributed by atoms with Gasteiger partial charge in [0.25, 0.3) is 5.91 Å². The van der Waals surface area contributed by atoms with Crippen molar-refractivity contribution in [3.63, 3.8) is 0 Å². The zero-order chi connectivity index (χ0) is 25.2. The van der Waals surface area contributed by atoms with Gasteiger partial charge in [-0.1, -0.05) is 19.9 Å². The summed E-state index contributed by atoms with van der Waals surface area (Å²) in [6.45, 7) is 6.19. The van der Waals surface area contributed by atoms with E-state index in [0.717, 1.165) is 43.2 Å². The van der Waals surface area contributed by atoms with Crippen LogP contribution >= 0.6 is 0 Å². The summed E-state index contributed by atoms with van der Waals surface area (Å²) in [6, 6.07) is 7.18. The molecular weight excluding hydrogens is 440 g/mol. The number of unbranched alkanes of at least 4 members (excludes halogenated alkanes) is 1. The first-order valence-corrected chi connectivity index (χ1v) is 12.4. The number of hydrogen-bond donors (Lipinski definition) is 3. The van der Waals surface area contributed by atoms with Crippen LogP contribution in [-0.4, -0.2) is 47.2 Å². The second kappa shape index (κ2) is 12.8. The monoisotopic (exact) mass is 476 g/mol. The van der Waals surface area contributed by atoms with E-state index < -0.39 is 0 Å². The summed E-state index contributed by atoms with van der Waals surface area (Å²) in [6.07, 6.45) is 10.1. The lowest BCUT2D eigenvalue weighted by Crippen LogP contribution is -2.34. The van der Waals surface area contributed by atoms with E-state index in [1.54, 1.807) is 24.5 Å². The molecule has 1 aromatic carbocycles. The van der Waals surface area contributed by atoms with Crippen LogP contribution in [-0.2, 0) is 11.2 Å². The molecule has 8 nitrogen and oxygen atoms in total. The zero-order valence-electron chi connectivity index (χ0n) is 20.7. The maximum absolute atomic E-state index is 13.1. The number of nitrogens with two attached hydrogens (primary N) is 2. The first kappa shape index (κ1) is 26.1. The number of hydrogen-bond acceptors (Lipinski definition) is 6. The molecule has 3 rings (SSSR count). The van der Waals surface area contributed by atoms with Crippen LogP contribution in [0.3, 0.4) is 0 Å². The minimum atomic E-state index is -0.260. The van der Waals surface area contributed by atoms with Gasteiger partial charge in [-0.25, -0.2) is 4.99 Å². The topological polar surface area (TPSA) is 127 Å². The van der Waals surface area contributed by atoms with Gasteiger partial charge in [0.15, 0.2) is 0 Å². The van der Waals surface area contributed by atoms with E-state index in [-0.39, 0.29) is 18.2 Å². The number of nitrogens with zero attached hydrogens (tertiary/aromatic N) is 3. The van der Waals surface area contributed by atoms with Crippen molar-refractivity contribution >= 4 is 35.1 Å². The van der Waals surface area contributed by atoms with Crippen molar-refractivity contribution < 1.29 is 9.59 Å². The number of anilines is 1. The first-order chi connectivity index (χ1) is 16.9. The molecule has 1 aliphatic heterocycles. The number of carbonyl (C=O) groups excluding carboxylic acids is 2. The summed E-state index contributed by atoms with van der Waals surface area (Å²) in [7, 11) is 0. The molecule has 2 aromatic rings. The van der Waals surface area contributed by atoms with Gasteiger partial charge in [-0.05, 0) is 68.5 Å². The number of aliphatic imine (C=N–C) groups is 1. The summed E-state index contributed by atoms with van der Waals surface area (Å²) < 4.78 is 0. The summed E-state index contributed by atoms with van der Waals surface area (Å²) in [5, 5.41) is 2.91. The van der Waals surface area contributed by atoms with Gasteiger partial charge in [-0.15, -0.1) is 0 Å². The van der Waals surface area contributed by atoms with Crippen LogP contribution in [0, 0.1) is 0 Å². The van der Waals surface area contributed by atoms with Gasteiger partial charge in [0.1, 0.15) is 5.84 Å². The standard InChI is InChI=1S/C27H36N6O2/c1-3-11-33(12-4-2)27(35)22-14-20-8-9-21(15-24(20)32-25(29)16-22)26(34)31-23-13-19(17-30-18-23)7-5-6-10-28/h8-9,13-15,17-18H,3-7,10-12,16,28H2,1-2H3,(H2,29,32)(H,31,34). The Bertz CT molecular complexity index is 1100. The first-order valence-electron chi connectivity index (χ1n) is 12.4. The fourth-order valence-electron chi connectivity index (χ4n) is 4.10. The van der Waals surface area contributed by atoms with E-state index in [1.807, 2.05) is 23.1 Å². The van der Waals surface area contributed by atoms with E-state index >= 15 is 0 Å². The molecule has 0 bridgehead atoms. The minimum Gasteiger partial charge on any atom is -0.387 e. The van der Waals surface area contributed by atoms with Gasteiger partial charge < -0.3 is 21.7 Å². The molecule has 2 heterocycles. The Morgan fingerprint density at radius 3 is 2.57 bits per heavy atom. The van der Waals surface area contributed by atoms with Crippen LogP contribution < -0.4 is 16.8 Å². The van der Waals surface area contributed by atoms with Crippen LogP contribution in [0.15, 0.2) is 47.2 Å². The highest BCUT2D eigenvalue weighted by atomic mass is 16.2. The number of amidine groups is 1. The minimum absolute atomic E-state index is 0.0136. The van der Waals surface area contributed by atoms with Crippen molar-refractivity contribution in [3.8, 4) is 0 Å². The summed E-state index contributed by atoms with van der Waals surface area (Å²) in [5.74, 6) is 0.0765. The highest BCUT2D eigenvalue weighted by Crippen LogP contribution is 2.29. The summed E-state index contributed by atoms with van der Waals surface area (Å²) >= 11 is 0. The number of carbonyl (C=O) groups is 2. The number of rotatable bonds is 11. The smallest absolute Gasteiger partial charge is 0.255 e. The van der Waals surface area contributed by atoms with Crippen molar-refractivity contribution in [2.75, 3.05) is 25.0 Å². The number of pyridine rings is 1. The Hall–Kier alpha value is -3.52. The van der Waals surface area contributed by atoms with Crippen molar-refractivity contribution in [1.82, 2.24) is 9.88 Å². The average Bonchev–Trinajstić information content (AvgIpc) is 3.01. The SMILES string of the molecule is CCCN(CCC)C(=O)C1=Cc2ccc(C(=O)Nc3cncc(CCCCN)c3)cc2N=C(N)C1. The highest BCUT2D eigenvalue weighted by molar-refractivity contribution is 6.07. The fourth-order valence-corrected chi connectivity index (χ4v) is 4.10. The molecule has 0 saturated carbocycles. The third kappa shape index (κ3) is 7.23. The van der Waals surface area contributed by atoms with Gasteiger partial charge in [-0.3, -0.25) is 14.6 Å². The molecule has 186 valence electrons. The molecule has 0 unspecified atom stereocenters. The third-order valence-electron chi connectivity index (χ3n) is 5.78. The quantitative estimate of drug-likeness (QED) is 0.422. The molecule has 0 fully saturated rings. The molecule has 2 amide bonds. The lowest BCUT2D eigenvalue weighted by Gasteiger charge is -2.22. The predicted octanol–water partition coefficient (Wildman–Crippen LogP) is 4.04. The zero-order valence-corrected chi connectivity index (χ0v) is 20.7. The molecule has 35 heavy (non-hydrogen) atoms. The highest BCUT2D eigenvalue weighted by Gasteiger charge is 2.21. The molecule has 0 saturated heterocycles. The molecule has 5 N–H and O–H groups in total. The Balaban J connectivity index is 1.79. The molecule has 0 aliphatic carbocycles. The number of fused-ring (bicyclic) bond motifs is 1. The maximum atomic E-state index is 13.1. The van der Waals surface area contributed by atoms with Gasteiger partial charge in [-0.2, -0.15) is 0 Å². The Morgan fingerprint density at radius 2 is 1.86 bits per heavy atom. The Kier molecular flexibility index (Phi) is 9.55. The number of aromatic nitrogens is 1. The second-order valence-electron chi connectivity index (χ2n) is 8.80. The molecule has 0 atom stereocenters. The third-order valence-corrected chi connectivity index (χ3v) is 5.78. The van der Waals surface area contributed by atoms with Crippen LogP contribution in [0.1, 0.15) is 67.4 Å². The number of nitrogens with one attached hydrogen (secondary N) is 1. The van der Waals surface area contributed by atoms with Crippen molar-refractivity contribution in [3.05, 3.63) is 58.9 Å². The Morgan fingerprint density at radius 1 is 1.09 bits per heavy atom. The largest absolute Gasteiger partial charge is 0.387 e. The fraction of sp³-hybridized carbons (Fsp3) is 0.407. The van der Waals surface area contributed by atoms with Gasteiger partial charge in [0.2, 0.25) is 5.91 Å². The predicted molar refractivity (Wildman–Crippen MR) is 142 cm³/mol. The maximum Gasteiger partial charge on any atom is 0.255 e. The van der Waals surface area contributed by atoms with Gasteiger partial charge in [0.05, 0.1) is 17.6 Å².